The maximum Gasteiger partial charge on any atom is 0.223 e. The van der Waals surface area contributed by atoms with E-state index in [1.54, 1.807) is 0 Å². The molecular formula is C15H31ClN4O3S. The van der Waals surface area contributed by atoms with Crippen LogP contribution in [0, 0.1) is 0 Å². The Morgan fingerprint density at radius 1 is 1.17 bits per heavy atom. The molecule has 2 aliphatic rings. The summed E-state index contributed by atoms with van der Waals surface area (Å²) in [7, 11) is -3.12. The van der Waals surface area contributed by atoms with Crippen molar-refractivity contribution >= 4 is 28.3 Å². The van der Waals surface area contributed by atoms with Crippen LogP contribution in [-0.4, -0.2) is 81.7 Å². The number of hydrogen-bond acceptors (Lipinski definition) is 5. The molecule has 0 bridgehead atoms. The van der Waals surface area contributed by atoms with Crippen molar-refractivity contribution in [2.45, 2.75) is 38.6 Å². The van der Waals surface area contributed by atoms with Gasteiger partial charge >= 0.3 is 0 Å². The first-order chi connectivity index (χ1) is 11.0. The maximum absolute atomic E-state index is 12.1. The number of halogens is 1. The molecule has 0 radical (unpaired) electrons. The molecule has 0 atom stereocenters. The Morgan fingerprint density at radius 3 is 2.38 bits per heavy atom. The lowest BCUT2D eigenvalue weighted by Crippen LogP contribution is -2.48. The van der Waals surface area contributed by atoms with E-state index in [0.717, 1.165) is 58.7 Å². The van der Waals surface area contributed by atoms with Crippen molar-refractivity contribution < 1.29 is 13.2 Å². The molecule has 0 aromatic rings. The molecule has 9 heteroatoms. The van der Waals surface area contributed by atoms with Gasteiger partial charge in [-0.2, -0.15) is 0 Å². The van der Waals surface area contributed by atoms with Crippen LogP contribution in [-0.2, 0) is 14.8 Å². The molecule has 142 valence electrons. The van der Waals surface area contributed by atoms with Crippen molar-refractivity contribution in [1.29, 1.82) is 0 Å². The Labute approximate surface area is 152 Å². The molecule has 2 fully saturated rings. The number of carbonyl (C=O) groups excluding carboxylic acids is 1. The number of nitrogens with one attached hydrogen (secondary N) is 2. The van der Waals surface area contributed by atoms with Crippen LogP contribution in [0.2, 0.25) is 0 Å². The van der Waals surface area contributed by atoms with E-state index in [-0.39, 0.29) is 30.1 Å². The second kappa shape index (κ2) is 10.6. The summed E-state index contributed by atoms with van der Waals surface area (Å²) in [5, 5.41) is 3.25. The number of hydrogen-bond donors (Lipinski definition) is 2. The highest BCUT2D eigenvalue weighted by molar-refractivity contribution is 7.89. The molecule has 2 saturated heterocycles. The molecule has 2 N–H and O–H groups in total. The Bertz CT molecular complexity index is 475. The van der Waals surface area contributed by atoms with Gasteiger partial charge in [0, 0.05) is 45.2 Å². The molecule has 0 aromatic heterocycles. The predicted molar refractivity (Wildman–Crippen MR) is 98.0 cm³/mol. The fraction of sp³-hybridized carbons (Fsp3) is 0.933. The lowest BCUT2D eigenvalue weighted by molar-refractivity contribution is -0.132. The van der Waals surface area contributed by atoms with Crippen molar-refractivity contribution in [3.8, 4) is 0 Å². The maximum atomic E-state index is 12.1. The van der Waals surface area contributed by atoms with Gasteiger partial charge in [0.2, 0.25) is 15.9 Å². The van der Waals surface area contributed by atoms with Gasteiger partial charge in [-0.25, -0.2) is 13.1 Å². The second-order valence-electron chi connectivity index (χ2n) is 6.43. The zero-order valence-electron chi connectivity index (χ0n) is 14.5. The summed E-state index contributed by atoms with van der Waals surface area (Å²) >= 11 is 0. The third kappa shape index (κ3) is 7.23. The van der Waals surface area contributed by atoms with E-state index in [1.807, 2.05) is 11.8 Å². The first-order valence-corrected chi connectivity index (χ1v) is 10.4. The monoisotopic (exact) mass is 382 g/mol. The summed E-state index contributed by atoms with van der Waals surface area (Å²) < 4.78 is 26.4. The number of piperidine rings is 1. The number of sulfonamides is 1. The fourth-order valence-electron chi connectivity index (χ4n) is 3.18. The van der Waals surface area contributed by atoms with Gasteiger partial charge < -0.3 is 15.1 Å². The van der Waals surface area contributed by atoms with E-state index in [4.69, 9.17) is 0 Å². The van der Waals surface area contributed by atoms with Crippen LogP contribution in [0.4, 0.5) is 0 Å². The molecule has 0 saturated carbocycles. The summed E-state index contributed by atoms with van der Waals surface area (Å²) in [6, 6.07) is 0.0478. The summed E-state index contributed by atoms with van der Waals surface area (Å²) in [5.41, 5.74) is 0. The van der Waals surface area contributed by atoms with Gasteiger partial charge in [0.1, 0.15) is 0 Å². The third-order valence-electron chi connectivity index (χ3n) is 4.52. The number of carbonyl (C=O) groups is 1. The lowest BCUT2D eigenvalue weighted by atomic mass is 10.1. The van der Waals surface area contributed by atoms with E-state index < -0.39 is 10.0 Å². The normalized spacial score (nSPS) is 20.6. The average molecular weight is 383 g/mol. The van der Waals surface area contributed by atoms with E-state index in [2.05, 4.69) is 14.9 Å². The minimum absolute atomic E-state index is 0. The van der Waals surface area contributed by atoms with Crippen molar-refractivity contribution in [1.82, 2.24) is 19.8 Å². The Balaban J connectivity index is 0.00000288. The van der Waals surface area contributed by atoms with E-state index >= 15 is 0 Å². The number of piperazine rings is 1. The molecule has 0 aliphatic carbocycles. The third-order valence-corrected chi connectivity index (χ3v) is 6.16. The average Bonchev–Trinajstić information content (AvgIpc) is 2.54. The van der Waals surface area contributed by atoms with Gasteiger partial charge in [-0.15, -0.1) is 12.4 Å². The minimum Gasteiger partial charge on any atom is -0.340 e. The lowest BCUT2D eigenvalue weighted by Gasteiger charge is -2.33. The Morgan fingerprint density at radius 2 is 1.79 bits per heavy atom. The van der Waals surface area contributed by atoms with Gasteiger partial charge in [-0.3, -0.25) is 4.79 Å². The highest BCUT2D eigenvalue weighted by Crippen LogP contribution is 2.12. The van der Waals surface area contributed by atoms with E-state index in [0.29, 0.717) is 12.8 Å². The van der Waals surface area contributed by atoms with Gasteiger partial charge in [0.05, 0.1) is 5.75 Å². The fourth-order valence-corrected chi connectivity index (χ4v) is 4.58. The first-order valence-electron chi connectivity index (χ1n) is 8.71. The molecule has 2 aliphatic heterocycles. The molecule has 0 spiro atoms. The standard InChI is InChI=1S/C15H30N4O3S.ClH/c1-2-13-23(21,22)17-14-3-8-18(9-4-14)10-5-15(20)19-11-6-16-7-12-19;/h14,16-17H,2-13H2,1H3;1H. The topological polar surface area (TPSA) is 81.8 Å². The van der Waals surface area contributed by atoms with Crippen LogP contribution in [0.3, 0.4) is 0 Å². The van der Waals surface area contributed by atoms with E-state index in [1.165, 1.54) is 0 Å². The Hall–Kier alpha value is -0.410. The highest BCUT2D eigenvalue weighted by Gasteiger charge is 2.24. The van der Waals surface area contributed by atoms with E-state index in [9.17, 15) is 13.2 Å². The molecule has 0 aromatic carbocycles. The first kappa shape index (κ1) is 21.6. The number of rotatable bonds is 7. The predicted octanol–water partition coefficient (Wildman–Crippen LogP) is 0.0239. The van der Waals surface area contributed by atoms with Crippen LogP contribution in [0.25, 0.3) is 0 Å². The van der Waals surface area contributed by atoms with Gasteiger partial charge in [-0.05, 0) is 32.4 Å². The number of likely N-dealkylation sites (tertiary alicyclic amines) is 1. The molecule has 2 heterocycles. The van der Waals surface area contributed by atoms with Crippen LogP contribution < -0.4 is 10.0 Å². The molecule has 2 rings (SSSR count). The highest BCUT2D eigenvalue weighted by atomic mass is 35.5. The van der Waals surface area contributed by atoms with Crippen LogP contribution in [0.5, 0.6) is 0 Å². The smallest absolute Gasteiger partial charge is 0.223 e. The molecule has 1 amide bonds. The zero-order chi connectivity index (χ0) is 16.7. The van der Waals surface area contributed by atoms with Crippen molar-refractivity contribution in [2.75, 3.05) is 51.6 Å². The molecular weight excluding hydrogens is 352 g/mol. The quantitative estimate of drug-likeness (QED) is 0.649. The largest absolute Gasteiger partial charge is 0.340 e. The summed E-state index contributed by atoms with van der Waals surface area (Å²) in [5.74, 6) is 0.434. The van der Waals surface area contributed by atoms with Gasteiger partial charge in [0.15, 0.2) is 0 Å². The minimum atomic E-state index is -3.12. The van der Waals surface area contributed by atoms with Crippen LogP contribution >= 0.6 is 12.4 Å². The molecule has 24 heavy (non-hydrogen) atoms. The SMILES string of the molecule is CCCS(=O)(=O)NC1CCN(CCC(=O)N2CCNCC2)CC1.Cl. The van der Waals surface area contributed by atoms with Crippen molar-refractivity contribution in [3.05, 3.63) is 0 Å². The Kier molecular flexibility index (Phi) is 9.51. The van der Waals surface area contributed by atoms with Crippen molar-refractivity contribution in [3.63, 3.8) is 0 Å². The molecule has 7 nitrogen and oxygen atoms in total. The molecule has 0 unspecified atom stereocenters. The zero-order valence-corrected chi connectivity index (χ0v) is 16.1. The summed E-state index contributed by atoms with van der Waals surface area (Å²) in [6.45, 7) is 7.74. The number of nitrogens with zero attached hydrogens (tertiary/aromatic N) is 2. The second-order valence-corrected chi connectivity index (χ2v) is 8.31. The van der Waals surface area contributed by atoms with Crippen LogP contribution in [0.15, 0.2) is 0 Å². The van der Waals surface area contributed by atoms with Gasteiger partial charge in [-0.1, -0.05) is 6.92 Å². The van der Waals surface area contributed by atoms with Gasteiger partial charge in [0.25, 0.3) is 0 Å². The van der Waals surface area contributed by atoms with Crippen molar-refractivity contribution in [2.24, 2.45) is 0 Å². The van der Waals surface area contributed by atoms with Crippen LogP contribution in [0.1, 0.15) is 32.6 Å². The summed E-state index contributed by atoms with van der Waals surface area (Å²) in [4.78, 5) is 16.3. The number of amides is 1. The summed E-state index contributed by atoms with van der Waals surface area (Å²) in [6.07, 6.45) is 2.85.